The Morgan fingerprint density at radius 1 is 0.459 bits per heavy atom. The van der Waals surface area contributed by atoms with Crippen LogP contribution < -0.4 is 0 Å². The van der Waals surface area contributed by atoms with E-state index in [0.717, 1.165) is 10.7 Å². The summed E-state index contributed by atoms with van der Waals surface area (Å²) in [5.41, 5.74) is 8.43. The third-order valence-corrected chi connectivity index (χ3v) is 8.36. The maximum atomic E-state index is 6.12. The van der Waals surface area contributed by atoms with Gasteiger partial charge in [0, 0.05) is 31.2 Å². The quantitative estimate of drug-likeness (QED) is 0.221. The average molecular weight is 512 g/mol. The molecule has 37 heavy (non-hydrogen) atoms. The van der Waals surface area contributed by atoms with Gasteiger partial charge in [-0.2, -0.15) is 0 Å². The van der Waals surface area contributed by atoms with Gasteiger partial charge in [0.15, 0.2) is 0 Å². The fraction of sp³-hybridized carbons (Fsp3) is 0. The van der Waals surface area contributed by atoms with E-state index in [1.165, 1.54) is 53.8 Å². The van der Waals surface area contributed by atoms with Gasteiger partial charge in [-0.1, -0.05) is 90.5 Å². The normalized spacial score (nSPS) is 11.4. The van der Waals surface area contributed by atoms with Gasteiger partial charge in [0.05, 0.1) is 11.0 Å². The van der Waals surface area contributed by atoms with E-state index in [4.69, 9.17) is 11.6 Å². The van der Waals surface area contributed by atoms with Crippen molar-refractivity contribution >= 4 is 44.7 Å². The number of benzene rings is 5. The van der Waals surface area contributed by atoms with Gasteiger partial charge in [0.25, 0.3) is 0 Å². The van der Waals surface area contributed by atoms with Crippen molar-refractivity contribution in [2.24, 2.45) is 0 Å². The van der Waals surface area contributed by atoms with Crippen molar-refractivity contribution in [1.82, 2.24) is 4.57 Å². The largest absolute Gasteiger partial charge is 0.309 e. The predicted molar refractivity (Wildman–Crippen MR) is 160 cm³/mol. The van der Waals surface area contributed by atoms with E-state index in [2.05, 4.69) is 126 Å². The van der Waals surface area contributed by atoms with Crippen LogP contribution in [-0.4, -0.2) is 4.57 Å². The molecule has 0 saturated carbocycles. The van der Waals surface area contributed by atoms with Gasteiger partial charge in [-0.25, -0.2) is 0 Å². The second-order valence-electron chi connectivity index (χ2n) is 9.17. The number of thiophene rings is 1. The Labute approximate surface area is 224 Å². The number of fused-ring (bicyclic) bond motifs is 3. The topological polar surface area (TPSA) is 4.93 Å². The van der Waals surface area contributed by atoms with E-state index in [1.54, 1.807) is 0 Å². The molecule has 0 fully saturated rings. The van der Waals surface area contributed by atoms with Crippen molar-refractivity contribution in [3.8, 4) is 37.7 Å². The summed E-state index contributed by atoms with van der Waals surface area (Å²) in [6.45, 7) is 0. The Kier molecular flexibility index (Phi) is 5.43. The molecule has 0 N–H and O–H groups in total. The van der Waals surface area contributed by atoms with Crippen LogP contribution in [0.4, 0.5) is 0 Å². The van der Waals surface area contributed by atoms with Crippen LogP contribution in [0.15, 0.2) is 133 Å². The van der Waals surface area contributed by atoms with Gasteiger partial charge in [-0.3, -0.25) is 0 Å². The molecule has 7 rings (SSSR count). The Hall–Kier alpha value is -4.11. The highest BCUT2D eigenvalue weighted by atomic mass is 35.5. The molecule has 1 nitrogen and oxygen atoms in total. The molecule has 0 atom stereocenters. The van der Waals surface area contributed by atoms with Gasteiger partial charge in [-0.05, 0) is 76.9 Å². The third-order valence-electron chi connectivity index (χ3n) is 6.92. The first-order chi connectivity index (χ1) is 18.2. The summed E-state index contributed by atoms with van der Waals surface area (Å²) in [6.07, 6.45) is 0. The fourth-order valence-corrected chi connectivity index (χ4v) is 6.24. The highest BCUT2D eigenvalue weighted by Gasteiger charge is 2.13. The summed E-state index contributed by atoms with van der Waals surface area (Å²) in [5.74, 6) is 0. The SMILES string of the molecule is Clc1ccc(-c2ccc3c(c2)c2ccccc2n3-c2ccc(-c3ccc(-c4ccccc4)s3)cc2)cc1. The average Bonchev–Trinajstić information content (AvgIpc) is 3.57. The number of hydrogen-bond acceptors (Lipinski definition) is 1. The minimum Gasteiger partial charge on any atom is -0.309 e. The summed E-state index contributed by atoms with van der Waals surface area (Å²) in [4.78, 5) is 2.57. The zero-order valence-electron chi connectivity index (χ0n) is 19.9. The molecular formula is C34H22ClNS. The lowest BCUT2D eigenvalue weighted by molar-refractivity contribution is 1.18. The first-order valence-electron chi connectivity index (χ1n) is 12.3. The zero-order valence-corrected chi connectivity index (χ0v) is 21.5. The summed E-state index contributed by atoms with van der Waals surface area (Å²) >= 11 is 7.95. The van der Waals surface area contributed by atoms with Crippen LogP contribution in [0.3, 0.4) is 0 Å². The summed E-state index contributed by atoms with van der Waals surface area (Å²) in [6, 6.07) is 47.4. The van der Waals surface area contributed by atoms with Crippen molar-refractivity contribution in [2.75, 3.05) is 0 Å². The molecular weight excluding hydrogens is 490 g/mol. The molecule has 0 aliphatic rings. The zero-order chi connectivity index (χ0) is 24.8. The van der Waals surface area contributed by atoms with Crippen LogP contribution in [0, 0.1) is 0 Å². The Balaban J connectivity index is 1.31. The number of hydrogen-bond donors (Lipinski definition) is 0. The number of nitrogens with zero attached hydrogens (tertiary/aromatic N) is 1. The molecule has 0 unspecified atom stereocenters. The lowest BCUT2D eigenvalue weighted by Crippen LogP contribution is -1.93. The maximum absolute atomic E-state index is 6.12. The minimum absolute atomic E-state index is 0.753. The van der Waals surface area contributed by atoms with Crippen LogP contribution in [0.25, 0.3) is 59.5 Å². The van der Waals surface area contributed by atoms with E-state index in [0.29, 0.717) is 0 Å². The Morgan fingerprint density at radius 3 is 1.81 bits per heavy atom. The molecule has 0 radical (unpaired) electrons. The van der Waals surface area contributed by atoms with Crippen molar-refractivity contribution in [3.05, 3.63) is 138 Å². The number of rotatable bonds is 4. The Morgan fingerprint density at radius 2 is 1.05 bits per heavy atom. The predicted octanol–water partition coefficient (Wildman–Crippen LogP) is 10.5. The molecule has 2 heterocycles. The molecule has 3 heteroatoms. The van der Waals surface area contributed by atoms with Crippen LogP contribution in [0.2, 0.25) is 5.02 Å². The second-order valence-corrected chi connectivity index (χ2v) is 10.7. The monoisotopic (exact) mass is 511 g/mol. The van der Waals surface area contributed by atoms with E-state index in [-0.39, 0.29) is 0 Å². The molecule has 0 bridgehead atoms. The van der Waals surface area contributed by atoms with Crippen molar-refractivity contribution in [1.29, 1.82) is 0 Å². The van der Waals surface area contributed by atoms with E-state index < -0.39 is 0 Å². The van der Waals surface area contributed by atoms with Crippen molar-refractivity contribution in [3.63, 3.8) is 0 Å². The van der Waals surface area contributed by atoms with Gasteiger partial charge >= 0.3 is 0 Å². The molecule has 5 aromatic carbocycles. The number of para-hydroxylation sites is 1. The second kappa shape index (κ2) is 9.08. The highest BCUT2D eigenvalue weighted by Crippen LogP contribution is 2.37. The van der Waals surface area contributed by atoms with Crippen LogP contribution in [0.1, 0.15) is 0 Å². The van der Waals surface area contributed by atoms with Crippen LogP contribution >= 0.6 is 22.9 Å². The standard InChI is InChI=1S/C34H22ClNS/c35-27-15-10-23(11-16-27)26-14-19-32-30(22-26)29-8-4-5-9-31(29)36(32)28-17-12-25(13-18-28)34-21-20-33(37-34)24-6-2-1-3-7-24/h1-22H. The van der Waals surface area contributed by atoms with Gasteiger partial charge < -0.3 is 4.57 Å². The molecule has 0 aliphatic heterocycles. The number of halogens is 1. The molecule has 0 amide bonds. The van der Waals surface area contributed by atoms with Crippen molar-refractivity contribution in [2.45, 2.75) is 0 Å². The molecule has 7 aromatic rings. The summed E-state index contributed by atoms with van der Waals surface area (Å²) in [7, 11) is 0. The van der Waals surface area contributed by atoms with Gasteiger partial charge in [-0.15, -0.1) is 11.3 Å². The molecule has 176 valence electrons. The first kappa shape index (κ1) is 22.1. The van der Waals surface area contributed by atoms with Crippen LogP contribution in [0.5, 0.6) is 0 Å². The molecule has 0 aliphatic carbocycles. The van der Waals surface area contributed by atoms with Crippen molar-refractivity contribution < 1.29 is 0 Å². The lowest BCUT2D eigenvalue weighted by atomic mass is 10.0. The fourth-order valence-electron chi connectivity index (χ4n) is 5.10. The Bertz CT molecular complexity index is 1860. The summed E-state index contributed by atoms with van der Waals surface area (Å²) < 4.78 is 2.36. The van der Waals surface area contributed by atoms with E-state index >= 15 is 0 Å². The highest BCUT2D eigenvalue weighted by molar-refractivity contribution is 7.18. The maximum Gasteiger partial charge on any atom is 0.0541 e. The van der Waals surface area contributed by atoms with Gasteiger partial charge in [0.1, 0.15) is 0 Å². The third kappa shape index (κ3) is 3.95. The minimum atomic E-state index is 0.753. The molecule has 0 spiro atoms. The van der Waals surface area contributed by atoms with E-state index in [9.17, 15) is 0 Å². The molecule has 2 aromatic heterocycles. The number of aromatic nitrogens is 1. The first-order valence-corrected chi connectivity index (χ1v) is 13.5. The van der Waals surface area contributed by atoms with E-state index in [1.807, 2.05) is 23.5 Å². The van der Waals surface area contributed by atoms with Crippen LogP contribution in [-0.2, 0) is 0 Å². The van der Waals surface area contributed by atoms with Gasteiger partial charge in [0.2, 0.25) is 0 Å². The lowest BCUT2D eigenvalue weighted by Gasteiger charge is -2.09. The smallest absolute Gasteiger partial charge is 0.0541 e. The molecule has 0 saturated heterocycles. The summed E-state index contributed by atoms with van der Waals surface area (Å²) in [5, 5.41) is 3.25.